The predicted octanol–water partition coefficient (Wildman–Crippen LogP) is 6.16. The lowest BCUT2D eigenvalue weighted by molar-refractivity contribution is -0.219. The van der Waals surface area contributed by atoms with Gasteiger partial charge in [0.05, 0.1) is 0 Å². The second-order valence-electron chi connectivity index (χ2n) is 13.1. The van der Waals surface area contributed by atoms with Gasteiger partial charge in [0.25, 0.3) is 0 Å². The minimum absolute atomic E-state index is 0.00811. The Hall–Kier alpha value is -1.10. The largest absolute Gasteiger partial charge is 0.463 e. The lowest BCUT2D eigenvalue weighted by atomic mass is 9.41. The van der Waals surface area contributed by atoms with Crippen molar-refractivity contribution >= 4 is 11.9 Å². The van der Waals surface area contributed by atoms with Gasteiger partial charge in [0.2, 0.25) is 0 Å². The molecule has 4 aliphatic carbocycles. The summed E-state index contributed by atoms with van der Waals surface area (Å²) in [5, 5.41) is 9.41. The van der Waals surface area contributed by atoms with Crippen molar-refractivity contribution in [2.24, 2.45) is 52.3 Å². The first-order valence-electron chi connectivity index (χ1n) is 14.5. The van der Waals surface area contributed by atoms with Crippen LogP contribution in [0.15, 0.2) is 0 Å². The van der Waals surface area contributed by atoms with Crippen LogP contribution in [0.2, 0.25) is 0 Å². The molecule has 0 amide bonds. The molecule has 0 heterocycles. The number of esters is 2. The third-order valence-corrected chi connectivity index (χ3v) is 11.6. The molecule has 4 aliphatic rings. The predicted molar refractivity (Wildman–Crippen MR) is 136 cm³/mol. The second kappa shape index (κ2) is 10.3. The fraction of sp³-hybridized carbons (Fsp3) is 0.933. The van der Waals surface area contributed by atoms with Crippen molar-refractivity contribution in [1.29, 1.82) is 0 Å². The first-order chi connectivity index (χ1) is 16.6. The molecule has 4 rings (SSSR count). The first-order valence-corrected chi connectivity index (χ1v) is 14.5. The standard InChI is InChI=1S/C30H50O5/c1-7-22-26-17-21(34-19(3)32)12-14-30(26,6)25-13-15-29(5)23(18(2)9-8-16-31)10-11-24(29)27(25)28(22)35-20(4)33/h18,21-28,31H,7-17H2,1-6H3/t18-,21-,22-,23?,24+,25+,26?,27+,28-,29?,30?/m1/s1. The number of fused-ring (bicyclic) bond motifs is 5. The van der Waals surface area contributed by atoms with Crippen LogP contribution in [0.25, 0.3) is 0 Å². The van der Waals surface area contributed by atoms with Gasteiger partial charge in [-0.15, -0.1) is 0 Å². The zero-order valence-electron chi connectivity index (χ0n) is 23.1. The van der Waals surface area contributed by atoms with E-state index in [-0.39, 0.29) is 41.6 Å². The molecule has 11 atom stereocenters. The van der Waals surface area contributed by atoms with Crippen LogP contribution in [-0.2, 0) is 19.1 Å². The summed E-state index contributed by atoms with van der Waals surface area (Å²) >= 11 is 0. The second-order valence-corrected chi connectivity index (χ2v) is 13.1. The number of hydrogen-bond acceptors (Lipinski definition) is 5. The number of carbonyl (C=O) groups is 2. The summed E-state index contributed by atoms with van der Waals surface area (Å²) in [6, 6.07) is 0. The topological polar surface area (TPSA) is 72.8 Å². The lowest BCUT2D eigenvalue weighted by Gasteiger charge is -2.65. The van der Waals surface area contributed by atoms with Gasteiger partial charge < -0.3 is 14.6 Å². The molecule has 4 fully saturated rings. The van der Waals surface area contributed by atoms with Crippen LogP contribution in [0.4, 0.5) is 0 Å². The third-order valence-electron chi connectivity index (χ3n) is 11.6. The monoisotopic (exact) mass is 490 g/mol. The molecule has 4 unspecified atom stereocenters. The third kappa shape index (κ3) is 4.68. The van der Waals surface area contributed by atoms with E-state index in [2.05, 4.69) is 27.7 Å². The summed E-state index contributed by atoms with van der Waals surface area (Å²) in [6.07, 6.45) is 10.8. The van der Waals surface area contributed by atoms with Crippen LogP contribution in [-0.4, -0.2) is 35.9 Å². The molecule has 200 valence electrons. The molecule has 0 saturated heterocycles. The highest BCUT2D eigenvalue weighted by atomic mass is 16.5. The number of aliphatic hydroxyl groups excluding tert-OH is 1. The van der Waals surface area contributed by atoms with E-state index in [1.165, 1.54) is 32.6 Å². The number of carbonyl (C=O) groups excluding carboxylic acids is 2. The summed E-state index contributed by atoms with van der Waals surface area (Å²) in [5.41, 5.74) is 0.491. The number of ether oxygens (including phenoxy) is 2. The molecule has 0 radical (unpaired) electrons. The maximum absolute atomic E-state index is 12.4. The molecular weight excluding hydrogens is 440 g/mol. The van der Waals surface area contributed by atoms with Crippen molar-refractivity contribution in [3.63, 3.8) is 0 Å². The Morgan fingerprint density at radius 2 is 1.60 bits per heavy atom. The van der Waals surface area contributed by atoms with Crippen molar-refractivity contribution in [1.82, 2.24) is 0 Å². The Morgan fingerprint density at radius 1 is 0.943 bits per heavy atom. The Bertz CT molecular complexity index is 781. The molecule has 1 N–H and O–H groups in total. The van der Waals surface area contributed by atoms with E-state index in [1.54, 1.807) is 6.92 Å². The Balaban J connectivity index is 1.68. The van der Waals surface area contributed by atoms with E-state index in [4.69, 9.17) is 9.47 Å². The minimum atomic E-state index is -0.183. The normalized spacial score (nSPS) is 45.6. The Labute approximate surface area is 213 Å². The molecule has 0 spiro atoms. The zero-order chi connectivity index (χ0) is 25.5. The summed E-state index contributed by atoms with van der Waals surface area (Å²) in [6.45, 7) is 13.1. The highest BCUT2D eigenvalue weighted by molar-refractivity contribution is 5.66. The van der Waals surface area contributed by atoms with Gasteiger partial charge in [-0.25, -0.2) is 0 Å². The average molecular weight is 491 g/mol. The van der Waals surface area contributed by atoms with E-state index in [1.807, 2.05) is 0 Å². The van der Waals surface area contributed by atoms with Crippen molar-refractivity contribution in [2.45, 2.75) is 118 Å². The van der Waals surface area contributed by atoms with Gasteiger partial charge in [-0.05, 0) is 111 Å². The van der Waals surface area contributed by atoms with Gasteiger partial charge in [-0.1, -0.05) is 27.7 Å². The zero-order valence-corrected chi connectivity index (χ0v) is 23.1. The summed E-state index contributed by atoms with van der Waals surface area (Å²) in [4.78, 5) is 24.2. The van der Waals surface area contributed by atoms with Crippen LogP contribution in [0.1, 0.15) is 106 Å². The van der Waals surface area contributed by atoms with Gasteiger partial charge in [0.15, 0.2) is 0 Å². The lowest BCUT2D eigenvalue weighted by Crippen LogP contribution is -2.63. The van der Waals surface area contributed by atoms with E-state index in [0.29, 0.717) is 41.4 Å². The SMILES string of the molecule is CC[C@@H]1C2C[C@H](OC(C)=O)CCC2(C)[C@H]2CCC3(C)C([C@H](C)CCCO)CC[C@H]3[C@@H]2[C@@H]1OC(C)=O. The molecular formula is C30H50O5. The van der Waals surface area contributed by atoms with E-state index < -0.39 is 0 Å². The number of rotatable bonds is 7. The van der Waals surface area contributed by atoms with Gasteiger partial charge >= 0.3 is 11.9 Å². The number of hydrogen-bond donors (Lipinski definition) is 1. The average Bonchev–Trinajstić information content (AvgIpc) is 3.15. The van der Waals surface area contributed by atoms with Crippen LogP contribution in [0.3, 0.4) is 0 Å². The Kier molecular flexibility index (Phi) is 7.96. The molecule has 5 heteroatoms. The maximum Gasteiger partial charge on any atom is 0.302 e. The molecule has 5 nitrogen and oxygen atoms in total. The Morgan fingerprint density at radius 3 is 2.23 bits per heavy atom. The fourth-order valence-electron chi connectivity index (χ4n) is 10.2. The summed E-state index contributed by atoms with van der Waals surface area (Å²) in [5.74, 6) is 3.27. The van der Waals surface area contributed by atoms with E-state index >= 15 is 0 Å². The highest BCUT2D eigenvalue weighted by Crippen LogP contribution is 2.70. The van der Waals surface area contributed by atoms with Gasteiger partial charge in [-0.3, -0.25) is 9.59 Å². The van der Waals surface area contributed by atoms with Gasteiger partial charge in [0.1, 0.15) is 12.2 Å². The smallest absolute Gasteiger partial charge is 0.302 e. The molecule has 4 saturated carbocycles. The molecule has 0 aromatic heterocycles. The van der Waals surface area contributed by atoms with Crippen molar-refractivity contribution in [3.05, 3.63) is 0 Å². The molecule has 0 aliphatic heterocycles. The van der Waals surface area contributed by atoms with E-state index in [0.717, 1.165) is 38.5 Å². The van der Waals surface area contributed by atoms with Crippen LogP contribution < -0.4 is 0 Å². The van der Waals surface area contributed by atoms with Crippen molar-refractivity contribution in [3.8, 4) is 0 Å². The minimum Gasteiger partial charge on any atom is -0.463 e. The van der Waals surface area contributed by atoms with Crippen LogP contribution in [0.5, 0.6) is 0 Å². The van der Waals surface area contributed by atoms with Crippen LogP contribution >= 0.6 is 0 Å². The highest BCUT2D eigenvalue weighted by Gasteiger charge is 2.66. The molecule has 0 bridgehead atoms. The van der Waals surface area contributed by atoms with Crippen LogP contribution in [0, 0.1) is 52.3 Å². The maximum atomic E-state index is 12.4. The molecule has 0 aromatic rings. The van der Waals surface area contributed by atoms with Crippen molar-refractivity contribution < 1.29 is 24.2 Å². The van der Waals surface area contributed by atoms with Crippen molar-refractivity contribution in [2.75, 3.05) is 6.61 Å². The first kappa shape index (κ1) is 26.9. The molecule has 0 aromatic carbocycles. The molecule has 35 heavy (non-hydrogen) atoms. The quantitative estimate of drug-likeness (QED) is 0.433. The fourth-order valence-corrected chi connectivity index (χ4v) is 10.2. The number of aliphatic hydroxyl groups is 1. The summed E-state index contributed by atoms with van der Waals surface area (Å²) in [7, 11) is 0. The summed E-state index contributed by atoms with van der Waals surface area (Å²) < 4.78 is 12.0. The van der Waals surface area contributed by atoms with Gasteiger partial charge in [-0.2, -0.15) is 0 Å². The van der Waals surface area contributed by atoms with E-state index in [9.17, 15) is 14.7 Å². The van der Waals surface area contributed by atoms with Gasteiger partial charge in [0, 0.05) is 26.4 Å².